The molecular weight excluding hydrogens is 281 g/mol. The third-order valence-corrected chi connectivity index (χ3v) is 2.22. The molecule has 0 fully saturated rings. The van der Waals surface area contributed by atoms with Gasteiger partial charge >= 0.3 is 0 Å². The fraction of sp³-hybridized carbons (Fsp3) is 0.111. The van der Waals surface area contributed by atoms with E-state index in [4.69, 9.17) is 10.3 Å². The van der Waals surface area contributed by atoms with E-state index in [1.54, 1.807) is 0 Å². The summed E-state index contributed by atoms with van der Waals surface area (Å²) in [6, 6.07) is 7.69. The maximum atomic E-state index is 5.37. The second kappa shape index (κ2) is 5.25. The fourth-order valence-electron chi connectivity index (χ4n) is 1.08. The van der Waals surface area contributed by atoms with Gasteiger partial charge in [0.2, 0.25) is 11.7 Å². The van der Waals surface area contributed by atoms with Gasteiger partial charge in [0, 0.05) is 10.0 Å². The van der Waals surface area contributed by atoms with Gasteiger partial charge in [-0.25, -0.2) is 0 Å². The molecule has 0 saturated heterocycles. The number of hydrogen-bond donors (Lipinski definition) is 1. The van der Waals surface area contributed by atoms with Crippen LogP contribution in [0.2, 0.25) is 0 Å². The summed E-state index contributed by atoms with van der Waals surface area (Å²) in [5.74, 6) is 1.01. The van der Waals surface area contributed by atoms with Gasteiger partial charge in [-0.3, -0.25) is 0 Å². The molecule has 4 nitrogen and oxygen atoms in total. The lowest BCUT2D eigenvalue weighted by Gasteiger charge is -1.93. The molecule has 2 aromatic rings. The van der Waals surface area contributed by atoms with E-state index in [2.05, 4.69) is 26.1 Å². The van der Waals surface area contributed by atoms with Crippen molar-refractivity contribution >= 4 is 28.3 Å². The van der Waals surface area contributed by atoms with Gasteiger partial charge in [-0.1, -0.05) is 33.2 Å². The number of rotatable bonds is 2. The highest BCUT2D eigenvalue weighted by Crippen LogP contribution is 2.19. The molecule has 1 aromatic carbocycles. The Kier molecular flexibility index (Phi) is 4.26. The molecule has 0 spiro atoms. The first-order chi connectivity index (χ1) is 6.79. The second-order valence-electron chi connectivity index (χ2n) is 2.73. The zero-order chi connectivity index (χ0) is 9.97. The minimum absolute atomic E-state index is 0. The van der Waals surface area contributed by atoms with Crippen LogP contribution in [0.3, 0.4) is 0 Å². The Morgan fingerprint density at radius 1 is 1.40 bits per heavy atom. The molecule has 0 aliphatic carbocycles. The smallest absolute Gasteiger partial charge is 0.240 e. The van der Waals surface area contributed by atoms with Crippen LogP contribution in [0, 0.1) is 0 Å². The highest BCUT2D eigenvalue weighted by Gasteiger charge is 2.06. The SMILES string of the molecule is Cl.NCc1nc(-c2cccc(Br)c2)no1. The van der Waals surface area contributed by atoms with Crippen molar-refractivity contribution in [3.63, 3.8) is 0 Å². The van der Waals surface area contributed by atoms with Crippen molar-refractivity contribution < 1.29 is 4.52 Å². The summed E-state index contributed by atoms with van der Waals surface area (Å²) >= 11 is 3.37. The van der Waals surface area contributed by atoms with Crippen LogP contribution in [0.4, 0.5) is 0 Å². The number of nitrogens with two attached hydrogens (primary N) is 1. The number of aromatic nitrogens is 2. The van der Waals surface area contributed by atoms with Crippen LogP contribution in [-0.4, -0.2) is 10.1 Å². The summed E-state index contributed by atoms with van der Waals surface area (Å²) in [7, 11) is 0. The Morgan fingerprint density at radius 2 is 2.20 bits per heavy atom. The van der Waals surface area contributed by atoms with Crippen molar-refractivity contribution in [2.75, 3.05) is 0 Å². The molecule has 6 heteroatoms. The molecule has 2 N–H and O–H groups in total. The predicted molar refractivity (Wildman–Crippen MR) is 62.6 cm³/mol. The fourth-order valence-corrected chi connectivity index (χ4v) is 1.48. The molecule has 1 aromatic heterocycles. The molecule has 0 aliphatic heterocycles. The van der Waals surface area contributed by atoms with Gasteiger partial charge in [0.25, 0.3) is 0 Å². The molecule has 80 valence electrons. The van der Waals surface area contributed by atoms with Crippen LogP contribution < -0.4 is 5.73 Å². The lowest BCUT2D eigenvalue weighted by Crippen LogP contribution is -1.95. The summed E-state index contributed by atoms with van der Waals surface area (Å²) in [5.41, 5.74) is 6.27. The average molecular weight is 291 g/mol. The topological polar surface area (TPSA) is 64.9 Å². The summed E-state index contributed by atoms with van der Waals surface area (Å²) in [4.78, 5) is 4.12. The first kappa shape index (κ1) is 12.2. The van der Waals surface area contributed by atoms with E-state index in [9.17, 15) is 0 Å². The van der Waals surface area contributed by atoms with E-state index in [0.29, 0.717) is 11.7 Å². The lowest BCUT2D eigenvalue weighted by atomic mass is 10.2. The largest absolute Gasteiger partial charge is 0.338 e. The van der Waals surface area contributed by atoms with E-state index in [0.717, 1.165) is 10.0 Å². The maximum absolute atomic E-state index is 5.37. The monoisotopic (exact) mass is 289 g/mol. The van der Waals surface area contributed by atoms with Gasteiger partial charge in [0.1, 0.15) is 0 Å². The molecular formula is C9H9BrClN3O. The van der Waals surface area contributed by atoms with Crippen LogP contribution in [0.15, 0.2) is 33.3 Å². The Balaban J connectivity index is 0.00000112. The van der Waals surface area contributed by atoms with E-state index in [1.165, 1.54) is 0 Å². The molecule has 0 amide bonds. The zero-order valence-electron chi connectivity index (χ0n) is 7.68. The number of benzene rings is 1. The summed E-state index contributed by atoms with van der Waals surface area (Å²) in [5, 5.41) is 3.81. The molecule has 2 rings (SSSR count). The summed E-state index contributed by atoms with van der Waals surface area (Å²) in [6.07, 6.45) is 0. The van der Waals surface area contributed by atoms with E-state index >= 15 is 0 Å². The minimum atomic E-state index is 0. The number of halogens is 2. The van der Waals surface area contributed by atoms with Crippen molar-refractivity contribution in [3.05, 3.63) is 34.6 Å². The molecule has 0 radical (unpaired) electrons. The van der Waals surface area contributed by atoms with Crippen molar-refractivity contribution in [2.24, 2.45) is 5.73 Å². The normalized spacial score (nSPS) is 9.73. The first-order valence-corrected chi connectivity index (χ1v) is 4.87. The highest BCUT2D eigenvalue weighted by atomic mass is 79.9. The molecule has 0 bridgehead atoms. The van der Waals surface area contributed by atoms with Gasteiger partial charge in [0.05, 0.1) is 6.54 Å². The van der Waals surface area contributed by atoms with Gasteiger partial charge in [0.15, 0.2) is 0 Å². The summed E-state index contributed by atoms with van der Waals surface area (Å²) in [6.45, 7) is 0.265. The average Bonchev–Trinajstić information content (AvgIpc) is 2.66. The van der Waals surface area contributed by atoms with Crippen LogP contribution in [0.25, 0.3) is 11.4 Å². The Morgan fingerprint density at radius 3 is 2.80 bits per heavy atom. The Bertz CT molecular complexity index is 446. The molecule has 15 heavy (non-hydrogen) atoms. The van der Waals surface area contributed by atoms with Crippen molar-refractivity contribution in [1.82, 2.24) is 10.1 Å². The molecule has 0 unspecified atom stereocenters. The molecule has 0 atom stereocenters. The van der Waals surface area contributed by atoms with Gasteiger partial charge in [-0.15, -0.1) is 12.4 Å². The molecule has 0 aliphatic rings. The first-order valence-electron chi connectivity index (χ1n) is 4.08. The van der Waals surface area contributed by atoms with Crippen LogP contribution in [0.1, 0.15) is 5.89 Å². The standard InChI is InChI=1S/C9H8BrN3O.ClH/c10-7-3-1-2-6(4-7)9-12-8(5-11)14-13-9;/h1-4H,5,11H2;1H. The minimum Gasteiger partial charge on any atom is -0.338 e. The van der Waals surface area contributed by atoms with Crippen molar-refractivity contribution in [3.8, 4) is 11.4 Å². The third kappa shape index (κ3) is 2.77. The molecule has 0 saturated carbocycles. The quantitative estimate of drug-likeness (QED) is 0.922. The zero-order valence-corrected chi connectivity index (χ0v) is 10.1. The van der Waals surface area contributed by atoms with E-state index in [1.807, 2.05) is 24.3 Å². The van der Waals surface area contributed by atoms with Gasteiger partial charge in [-0.05, 0) is 12.1 Å². The molecule has 1 heterocycles. The summed E-state index contributed by atoms with van der Waals surface area (Å²) < 4.78 is 5.89. The Hall–Kier alpha value is -0.910. The van der Waals surface area contributed by atoms with Crippen molar-refractivity contribution in [2.45, 2.75) is 6.54 Å². The van der Waals surface area contributed by atoms with Gasteiger partial charge in [-0.2, -0.15) is 4.98 Å². The van der Waals surface area contributed by atoms with E-state index < -0.39 is 0 Å². The van der Waals surface area contributed by atoms with E-state index in [-0.39, 0.29) is 19.0 Å². The van der Waals surface area contributed by atoms with Crippen LogP contribution in [-0.2, 0) is 6.54 Å². The van der Waals surface area contributed by atoms with Crippen LogP contribution in [0.5, 0.6) is 0 Å². The number of hydrogen-bond acceptors (Lipinski definition) is 4. The predicted octanol–water partition coefficient (Wildman–Crippen LogP) is 2.38. The third-order valence-electron chi connectivity index (χ3n) is 1.73. The van der Waals surface area contributed by atoms with Crippen molar-refractivity contribution in [1.29, 1.82) is 0 Å². The lowest BCUT2D eigenvalue weighted by molar-refractivity contribution is 0.380. The number of nitrogens with zero attached hydrogens (tertiary/aromatic N) is 2. The van der Waals surface area contributed by atoms with Crippen LogP contribution >= 0.6 is 28.3 Å². The Labute approximate surface area is 101 Å². The second-order valence-corrected chi connectivity index (χ2v) is 3.64. The van der Waals surface area contributed by atoms with Gasteiger partial charge < -0.3 is 10.3 Å². The highest BCUT2D eigenvalue weighted by molar-refractivity contribution is 9.10. The maximum Gasteiger partial charge on any atom is 0.240 e.